The first-order valence-corrected chi connectivity index (χ1v) is 10.4. The van der Waals surface area contributed by atoms with E-state index in [0.29, 0.717) is 12.1 Å². The minimum absolute atomic E-state index is 0.0661. The third-order valence-corrected chi connectivity index (χ3v) is 4.79. The van der Waals surface area contributed by atoms with Crippen LogP contribution in [0.5, 0.6) is 0 Å². The summed E-state index contributed by atoms with van der Waals surface area (Å²) in [6.45, 7) is 3.38. The van der Waals surface area contributed by atoms with Crippen molar-refractivity contribution in [1.29, 1.82) is 0 Å². The molecule has 9 nitrogen and oxygen atoms in total. The summed E-state index contributed by atoms with van der Waals surface area (Å²) >= 11 is 0. The third kappa shape index (κ3) is 18.7. The Labute approximate surface area is 207 Å². The average molecular weight is 589 g/mol. The van der Waals surface area contributed by atoms with Gasteiger partial charge < -0.3 is 21.1 Å². The van der Waals surface area contributed by atoms with E-state index in [4.69, 9.17) is 35.4 Å². The van der Waals surface area contributed by atoms with Gasteiger partial charge in [-0.3, -0.25) is 9.80 Å². The van der Waals surface area contributed by atoms with E-state index < -0.39 is 42.9 Å². The fourth-order valence-corrected chi connectivity index (χ4v) is 2.97. The molecule has 20 heteroatoms. The van der Waals surface area contributed by atoms with E-state index in [1.54, 1.807) is 0 Å². The minimum Gasteiger partial charge on any atom is -0.475 e. The lowest BCUT2D eigenvalue weighted by Crippen LogP contribution is -2.52. The van der Waals surface area contributed by atoms with Crippen LogP contribution in [0.15, 0.2) is 0 Å². The Bertz CT molecular complexity index is 659. The fraction of sp³-hybridized carbons (Fsp3) is 0.833. The minimum atomic E-state index is -5.08. The Morgan fingerprint density at radius 1 is 0.684 bits per heavy atom. The van der Waals surface area contributed by atoms with Gasteiger partial charge in [0.2, 0.25) is 0 Å². The van der Waals surface area contributed by atoms with E-state index in [9.17, 15) is 48.3 Å². The second kappa shape index (κ2) is 16.5. The summed E-state index contributed by atoms with van der Waals surface area (Å²) in [5, 5.41) is 21.4. The van der Waals surface area contributed by atoms with Crippen LogP contribution in [0, 0.1) is 0 Å². The highest BCUT2D eigenvalue weighted by Crippen LogP contribution is 2.23. The summed E-state index contributed by atoms with van der Waals surface area (Å²) in [5.74, 6) is -8.27. The highest BCUT2D eigenvalue weighted by Gasteiger charge is 2.39. The predicted molar refractivity (Wildman–Crippen MR) is 105 cm³/mol. The maximum absolute atomic E-state index is 12.2. The lowest BCUT2D eigenvalue weighted by molar-refractivity contribution is -0.193. The number of carboxylic acid groups (broad SMARTS) is 3. The van der Waals surface area contributed by atoms with Crippen LogP contribution < -0.4 is 5.73 Å². The number of piperazine rings is 1. The van der Waals surface area contributed by atoms with Crippen molar-refractivity contribution in [3.05, 3.63) is 0 Å². The molecule has 0 aromatic rings. The number of nitrogens with zero attached hydrogens (tertiary/aromatic N) is 2. The molecule has 0 radical (unpaired) electrons. The molecular weight excluding hydrogens is 563 g/mol. The molecule has 2 fully saturated rings. The molecule has 0 aromatic carbocycles. The number of hydrogen-bond donors (Lipinski definition) is 4. The first-order chi connectivity index (χ1) is 17.0. The number of hydrogen-bond acceptors (Lipinski definition) is 6. The molecule has 1 heterocycles. The molecular formula is C18H26F11N3O6. The van der Waals surface area contributed by atoms with E-state index in [2.05, 4.69) is 4.90 Å². The monoisotopic (exact) mass is 589 g/mol. The van der Waals surface area contributed by atoms with Gasteiger partial charge in [-0.15, -0.1) is 0 Å². The van der Waals surface area contributed by atoms with Crippen molar-refractivity contribution in [2.75, 3.05) is 32.7 Å². The third-order valence-electron chi connectivity index (χ3n) is 4.79. The van der Waals surface area contributed by atoms with Gasteiger partial charge >= 0.3 is 36.4 Å². The molecule has 0 bridgehead atoms. The van der Waals surface area contributed by atoms with E-state index in [0.717, 1.165) is 39.0 Å². The first kappa shape index (κ1) is 37.7. The molecule has 2 rings (SSSR count). The predicted octanol–water partition coefficient (Wildman–Crippen LogP) is 3.04. The van der Waals surface area contributed by atoms with E-state index >= 15 is 0 Å². The van der Waals surface area contributed by atoms with Crippen molar-refractivity contribution < 1.29 is 78.0 Å². The maximum atomic E-state index is 12.2. The zero-order chi connectivity index (χ0) is 30.5. The SMILES string of the molecule is NC1CCC(N2CCN(CC(F)F)CC2)CC1.O=C(O)C(F)(F)F.O=C(O)C(F)(F)F.O=C(O)C(F)(F)F. The van der Waals surface area contributed by atoms with Crippen LogP contribution in [0.3, 0.4) is 0 Å². The number of alkyl halides is 11. The number of nitrogens with two attached hydrogens (primary N) is 1. The number of aliphatic carboxylic acids is 3. The van der Waals surface area contributed by atoms with Crippen LogP contribution in [-0.4, -0.2) is 113 Å². The highest BCUT2D eigenvalue weighted by molar-refractivity contribution is 5.73. The van der Waals surface area contributed by atoms with Gasteiger partial charge in [0.25, 0.3) is 6.43 Å². The van der Waals surface area contributed by atoms with Crippen LogP contribution in [-0.2, 0) is 14.4 Å². The van der Waals surface area contributed by atoms with Crippen molar-refractivity contribution in [3.8, 4) is 0 Å². The second-order valence-corrected chi connectivity index (χ2v) is 7.71. The fourth-order valence-electron chi connectivity index (χ4n) is 2.97. The van der Waals surface area contributed by atoms with Gasteiger partial charge in [0.1, 0.15) is 0 Å². The number of rotatable bonds is 3. The van der Waals surface area contributed by atoms with Crippen molar-refractivity contribution in [3.63, 3.8) is 0 Å². The summed E-state index contributed by atoms with van der Waals surface area (Å²) < 4.78 is 120. The lowest BCUT2D eigenvalue weighted by Gasteiger charge is -2.41. The molecule has 0 aromatic heterocycles. The summed E-state index contributed by atoms with van der Waals surface area (Å²) in [4.78, 5) is 31.0. The maximum Gasteiger partial charge on any atom is 0.490 e. The van der Waals surface area contributed by atoms with Crippen molar-refractivity contribution in [2.24, 2.45) is 5.73 Å². The molecule has 5 N–H and O–H groups in total. The molecule has 0 unspecified atom stereocenters. The first-order valence-electron chi connectivity index (χ1n) is 10.4. The molecule has 0 amide bonds. The number of carbonyl (C=O) groups is 3. The van der Waals surface area contributed by atoms with E-state index in [-0.39, 0.29) is 6.54 Å². The standard InChI is InChI=1S/C12H23F2N3.3C2HF3O2/c13-12(14)9-16-5-7-17(8-6-16)11-3-1-10(15)2-4-11;3*3-2(4,5)1(6)7/h10-12H,1-9,15H2;3*(H,6,7). The quantitative estimate of drug-likeness (QED) is 0.365. The van der Waals surface area contributed by atoms with Crippen LogP contribution in [0.25, 0.3) is 0 Å². The molecule has 1 aliphatic carbocycles. The largest absolute Gasteiger partial charge is 0.490 e. The summed E-state index contributed by atoms with van der Waals surface area (Å²) in [6.07, 6.45) is -12.9. The van der Waals surface area contributed by atoms with Crippen LogP contribution in [0.2, 0.25) is 0 Å². The highest BCUT2D eigenvalue weighted by atomic mass is 19.4. The van der Waals surface area contributed by atoms with Gasteiger partial charge in [0.05, 0.1) is 6.54 Å². The molecule has 1 saturated heterocycles. The van der Waals surface area contributed by atoms with Gasteiger partial charge in [-0.2, -0.15) is 39.5 Å². The van der Waals surface area contributed by atoms with Gasteiger partial charge in [0, 0.05) is 38.3 Å². The molecule has 38 heavy (non-hydrogen) atoms. The zero-order valence-corrected chi connectivity index (χ0v) is 19.3. The van der Waals surface area contributed by atoms with Crippen molar-refractivity contribution in [2.45, 2.75) is 62.7 Å². The topological polar surface area (TPSA) is 144 Å². The summed E-state index contributed by atoms with van der Waals surface area (Å²) in [5.41, 5.74) is 5.89. The molecule has 2 aliphatic rings. The van der Waals surface area contributed by atoms with Gasteiger partial charge in [0.15, 0.2) is 0 Å². The van der Waals surface area contributed by atoms with Crippen LogP contribution in [0.4, 0.5) is 48.3 Å². The van der Waals surface area contributed by atoms with Crippen molar-refractivity contribution in [1.82, 2.24) is 9.80 Å². The smallest absolute Gasteiger partial charge is 0.475 e. The van der Waals surface area contributed by atoms with E-state index in [1.807, 2.05) is 4.90 Å². The molecule has 1 aliphatic heterocycles. The molecule has 1 saturated carbocycles. The summed E-state index contributed by atoms with van der Waals surface area (Å²) in [7, 11) is 0. The Morgan fingerprint density at radius 3 is 1.21 bits per heavy atom. The Morgan fingerprint density at radius 2 is 0.974 bits per heavy atom. The second-order valence-electron chi connectivity index (χ2n) is 7.71. The molecule has 0 atom stereocenters. The number of halogens is 11. The zero-order valence-electron chi connectivity index (χ0n) is 19.3. The van der Waals surface area contributed by atoms with Gasteiger partial charge in [-0.1, -0.05) is 0 Å². The molecule has 226 valence electrons. The summed E-state index contributed by atoms with van der Waals surface area (Å²) in [6, 6.07) is 1.02. The Balaban J connectivity index is 0. The van der Waals surface area contributed by atoms with Gasteiger partial charge in [-0.25, -0.2) is 23.2 Å². The van der Waals surface area contributed by atoms with E-state index in [1.165, 1.54) is 12.8 Å². The number of carboxylic acids is 3. The Kier molecular flexibility index (Phi) is 16.3. The Hall–Kier alpha value is -2.48. The molecule has 0 spiro atoms. The normalized spacial score (nSPS) is 21.1. The van der Waals surface area contributed by atoms with Crippen LogP contribution in [0.1, 0.15) is 25.7 Å². The average Bonchev–Trinajstić information content (AvgIpc) is 2.74. The lowest BCUT2D eigenvalue weighted by atomic mass is 9.90. The van der Waals surface area contributed by atoms with Crippen LogP contribution >= 0.6 is 0 Å². The van der Waals surface area contributed by atoms with Gasteiger partial charge in [-0.05, 0) is 25.7 Å². The van der Waals surface area contributed by atoms with Crippen molar-refractivity contribution >= 4 is 17.9 Å².